The van der Waals surface area contributed by atoms with E-state index >= 15 is 4.39 Å². The Balaban J connectivity index is 1.46. The molecule has 0 aliphatic heterocycles. The summed E-state index contributed by atoms with van der Waals surface area (Å²) in [5, 5.41) is 0. The molecule has 5 rings (SSSR count). The Hall–Kier alpha value is -4.00. The molecular weight excluding hydrogens is 510 g/mol. The number of amides is 1. The van der Waals surface area contributed by atoms with E-state index < -0.39 is 17.6 Å². The van der Waals surface area contributed by atoms with Gasteiger partial charge in [-0.15, -0.1) is 0 Å². The molecule has 2 aliphatic carbocycles. The van der Waals surface area contributed by atoms with Crippen molar-refractivity contribution in [2.24, 2.45) is 17.8 Å². The van der Waals surface area contributed by atoms with Gasteiger partial charge in [-0.2, -0.15) is 0 Å². The van der Waals surface area contributed by atoms with Crippen LogP contribution in [-0.2, 0) is 20.9 Å². The van der Waals surface area contributed by atoms with Crippen LogP contribution in [-0.4, -0.2) is 33.1 Å². The number of fused-ring (bicyclic) bond motifs is 2. The molecule has 0 N–H and O–H groups in total. The van der Waals surface area contributed by atoms with Crippen molar-refractivity contribution < 1.29 is 23.1 Å². The number of anilines is 2. The van der Waals surface area contributed by atoms with Crippen LogP contribution in [0.25, 0.3) is 17.2 Å². The van der Waals surface area contributed by atoms with E-state index in [-0.39, 0.29) is 18.4 Å². The average molecular weight is 545 g/mol. The Morgan fingerprint density at radius 1 is 0.925 bits per heavy atom. The van der Waals surface area contributed by atoms with Crippen LogP contribution in [0, 0.1) is 29.4 Å². The van der Waals surface area contributed by atoms with Crippen molar-refractivity contribution in [2.45, 2.75) is 32.2 Å². The smallest absolute Gasteiger partial charge is 0.330 e. The molecule has 1 amide bonds. The van der Waals surface area contributed by atoms with Gasteiger partial charge in [-0.1, -0.05) is 30.7 Å². The van der Waals surface area contributed by atoms with Crippen LogP contribution >= 0.6 is 0 Å². The van der Waals surface area contributed by atoms with Gasteiger partial charge in [0.25, 0.3) is 0 Å². The minimum atomic E-state index is -0.570. The van der Waals surface area contributed by atoms with Crippen molar-refractivity contribution in [2.75, 3.05) is 31.0 Å². The summed E-state index contributed by atoms with van der Waals surface area (Å²) in [7, 11) is 5.19. The van der Waals surface area contributed by atoms with E-state index in [1.54, 1.807) is 12.1 Å². The number of esters is 1. The number of hydrogen-bond donors (Lipinski definition) is 0. The van der Waals surface area contributed by atoms with E-state index in [2.05, 4.69) is 4.74 Å². The van der Waals surface area contributed by atoms with Crippen LogP contribution in [0.2, 0.25) is 0 Å². The molecule has 3 aromatic carbocycles. The molecule has 0 aromatic heterocycles. The van der Waals surface area contributed by atoms with Crippen molar-refractivity contribution in [1.82, 2.24) is 0 Å². The summed E-state index contributed by atoms with van der Waals surface area (Å²) in [4.78, 5) is 29.0. The first-order valence-corrected chi connectivity index (χ1v) is 13.7. The third-order valence-corrected chi connectivity index (χ3v) is 8.25. The third kappa shape index (κ3) is 5.93. The number of carbonyl (C=O) groups is 2. The highest BCUT2D eigenvalue weighted by atomic mass is 19.1. The summed E-state index contributed by atoms with van der Waals surface area (Å²) in [6.07, 6.45) is 6.65. The van der Waals surface area contributed by atoms with Crippen molar-refractivity contribution >= 4 is 29.3 Å². The molecule has 0 unspecified atom stereocenters. The van der Waals surface area contributed by atoms with Gasteiger partial charge in [0.05, 0.1) is 13.7 Å². The van der Waals surface area contributed by atoms with Crippen LogP contribution in [0.1, 0.15) is 36.8 Å². The third-order valence-electron chi connectivity index (χ3n) is 8.25. The number of nitrogens with zero attached hydrogens (tertiary/aromatic N) is 2. The Morgan fingerprint density at radius 3 is 2.30 bits per heavy atom. The van der Waals surface area contributed by atoms with E-state index in [1.807, 2.05) is 49.3 Å². The van der Waals surface area contributed by atoms with Gasteiger partial charge in [0, 0.05) is 43.0 Å². The molecule has 5 nitrogen and oxygen atoms in total. The van der Waals surface area contributed by atoms with E-state index in [4.69, 9.17) is 0 Å². The fraction of sp³-hybridized carbons (Fsp3) is 0.333. The number of methoxy groups -OCH3 is 1. The summed E-state index contributed by atoms with van der Waals surface area (Å²) >= 11 is 0. The highest BCUT2D eigenvalue weighted by Gasteiger charge is 2.44. The minimum Gasteiger partial charge on any atom is -0.466 e. The van der Waals surface area contributed by atoms with Crippen LogP contribution in [0.5, 0.6) is 0 Å². The highest BCUT2D eigenvalue weighted by Crippen LogP contribution is 2.49. The monoisotopic (exact) mass is 544 g/mol. The first-order chi connectivity index (χ1) is 19.2. The van der Waals surface area contributed by atoms with Crippen molar-refractivity contribution in [1.29, 1.82) is 0 Å². The molecule has 3 atom stereocenters. The number of benzene rings is 3. The number of ether oxygens (including phenoxy) is 1. The quantitative estimate of drug-likeness (QED) is 0.230. The lowest BCUT2D eigenvalue weighted by Gasteiger charge is -2.30. The summed E-state index contributed by atoms with van der Waals surface area (Å²) in [5.74, 6) is -0.963. The predicted molar refractivity (Wildman–Crippen MR) is 154 cm³/mol. The normalized spacial score (nSPS) is 19.7. The Kier molecular flexibility index (Phi) is 8.01. The lowest BCUT2D eigenvalue weighted by molar-refractivity contribution is -0.134. The molecule has 7 heteroatoms. The van der Waals surface area contributed by atoms with E-state index in [0.29, 0.717) is 28.7 Å². The maximum Gasteiger partial charge on any atom is 0.330 e. The second-order valence-electron chi connectivity index (χ2n) is 11.1. The molecule has 3 aromatic rings. The zero-order valence-corrected chi connectivity index (χ0v) is 23.1. The second kappa shape index (κ2) is 11.6. The van der Waals surface area contributed by atoms with Crippen LogP contribution in [0.3, 0.4) is 0 Å². The summed E-state index contributed by atoms with van der Waals surface area (Å²) in [5.41, 5.74) is 3.76. The standard InChI is InChI=1S/C33H34F2N2O3/c1-36(2)28-11-9-23(10-12-28)24-7-8-26(31(35)18-24)20-37(33(39)30-17-21-4-6-25(30)14-21)29-16-22(15-27(34)19-29)5-13-32(38)40-3/h5,7-13,15-16,18-19,21,25,30H,4,6,14,17,20H2,1-3H3/b13-5+/t21-,25+,30+/m0/s1. The number of hydrogen-bond acceptors (Lipinski definition) is 4. The fourth-order valence-electron chi connectivity index (χ4n) is 6.10. The van der Waals surface area contributed by atoms with E-state index in [9.17, 15) is 14.0 Å². The van der Waals surface area contributed by atoms with Gasteiger partial charge in [-0.3, -0.25) is 4.79 Å². The van der Waals surface area contributed by atoms with Crippen LogP contribution < -0.4 is 9.80 Å². The minimum absolute atomic E-state index is 0.0258. The Morgan fingerprint density at radius 2 is 1.68 bits per heavy atom. The maximum atomic E-state index is 15.5. The molecule has 2 bridgehead atoms. The van der Waals surface area contributed by atoms with Gasteiger partial charge in [-0.25, -0.2) is 13.6 Å². The molecule has 2 aliphatic rings. The SMILES string of the molecule is COC(=O)/C=C/c1cc(F)cc(N(Cc2ccc(-c3ccc(N(C)C)cc3)cc2F)C(=O)[C@@H]2C[C@H]3CC[C@@H]2C3)c1. The van der Waals surface area contributed by atoms with E-state index in [0.717, 1.165) is 42.5 Å². The first kappa shape index (κ1) is 27.6. The number of carbonyl (C=O) groups excluding carboxylic acids is 2. The molecule has 208 valence electrons. The van der Waals surface area contributed by atoms with Gasteiger partial charge < -0.3 is 14.5 Å². The van der Waals surface area contributed by atoms with Gasteiger partial charge in [0.15, 0.2) is 0 Å². The fourth-order valence-corrected chi connectivity index (χ4v) is 6.10. The zero-order valence-electron chi connectivity index (χ0n) is 23.1. The summed E-state index contributed by atoms with van der Waals surface area (Å²) in [6.45, 7) is -0.0258. The van der Waals surface area contributed by atoms with Gasteiger partial charge in [-0.05, 0) is 90.3 Å². The number of halogens is 2. The molecule has 2 fully saturated rings. The summed E-state index contributed by atoms with van der Waals surface area (Å²) in [6, 6.07) is 17.1. The topological polar surface area (TPSA) is 49.9 Å². The zero-order chi connectivity index (χ0) is 28.4. The van der Waals surface area contributed by atoms with Crippen LogP contribution in [0.4, 0.5) is 20.2 Å². The van der Waals surface area contributed by atoms with Crippen molar-refractivity contribution in [3.05, 3.63) is 89.5 Å². The maximum absolute atomic E-state index is 15.5. The number of rotatable bonds is 8. The van der Waals surface area contributed by atoms with Gasteiger partial charge >= 0.3 is 5.97 Å². The first-order valence-electron chi connectivity index (χ1n) is 13.7. The lowest BCUT2D eigenvalue weighted by Crippen LogP contribution is -2.38. The molecule has 0 saturated heterocycles. The second-order valence-corrected chi connectivity index (χ2v) is 11.1. The summed E-state index contributed by atoms with van der Waals surface area (Å²) < 4.78 is 34.9. The van der Waals surface area contributed by atoms with Gasteiger partial charge in [0.2, 0.25) is 5.91 Å². The Labute approximate surface area is 234 Å². The molecular formula is C33H34F2N2O3. The Bertz CT molecular complexity index is 1430. The van der Waals surface area contributed by atoms with Crippen molar-refractivity contribution in [3.63, 3.8) is 0 Å². The van der Waals surface area contributed by atoms with Crippen molar-refractivity contribution in [3.8, 4) is 11.1 Å². The molecule has 0 heterocycles. The molecule has 40 heavy (non-hydrogen) atoms. The molecule has 2 saturated carbocycles. The predicted octanol–water partition coefficient (Wildman–Crippen LogP) is 6.85. The lowest BCUT2D eigenvalue weighted by atomic mass is 9.87. The molecule has 0 spiro atoms. The highest BCUT2D eigenvalue weighted by molar-refractivity contribution is 5.96. The van der Waals surface area contributed by atoms with Crippen LogP contribution in [0.15, 0.2) is 66.7 Å². The average Bonchev–Trinajstić information content (AvgIpc) is 3.59. The van der Waals surface area contributed by atoms with Gasteiger partial charge in [0.1, 0.15) is 11.6 Å². The largest absolute Gasteiger partial charge is 0.466 e. The molecule has 0 radical (unpaired) electrons. The van der Waals surface area contributed by atoms with E-state index in [1.165, 1.54) is 42.4 Å².